The predicted octanol–water partition coefficient (Wildman–Crippen LogP) is 4.77. The largest absolute Gasteiger partial charge is 0.465 e. The number of carbonyl (C=O) groups is 2. The molecule has 0 aliphatic heterocycles. The van der Waals surface area contributed by atoms with Crippen molar-refractivity contribution < 1.29 is 14.3 Å². The molecule has 1 N–H and O–H groups in total. The minimum Gasteiger partial charge on any atom is -0.465 e. The number of ketones is 1. The average molecular weight is 382 g/mol. The molecule has 5 nitrogen and oxygen atoms in total. The van der Waals surface area contributed by atoms with E-state index in [0.717, 1.165) is 16.6 Å². The van der Waals surface area contributed by atoms with Crippen molar-refractivity contribution >= 4 is 34.4 Å². The summed E-state index contributed by atoms with van der Waals surface area (Å²) in [5.74, 6) is -0.0443. The quantitative estimate of drug-likeness (QED) is 0.306. The summed E-state index contributed by atoms with van der Waals surface area (Å²) in [5.41, 5.74) is 3.89. The van der Waals surface area contributed by atoms with Crippen molar-refractivity contribution in [2.24, 2.45) is 0 Å². The fourth-order valence-corrected chi connectivity index (χ4v) is 3.07. The number of aromatic nitrogens is 2. The number of fused-ring (bicyclic) bond motifs is 1. The first-order chi connectivity index (χ1) is 14.2. The zero-order valence-electron chi connectivity index (χ0n) is 15.8. The second-order valence-electron chi connectivity index (χ2n) is 6.47. The molecular formula is C24H18N2O3. The molecule has 0 fully saturated rings. The van der Waals surface area contributed by atoms with Crippen molar-refractivity contribution in [2.45, 2.75) is 0 Å². The van der Waals surface area contributed by atoms with Crippen LogP contribution in [0.2, 0.25) is 0 Å². The maximum Gasteiger partial charge on any atom is 0.337 e. The first-order valence-corrected chi connectivity index (χ1v) is 9.10. The summed E-state index contributed by atoms with van der Waals surface area (Å²) in [4.78, 5) is 32.7. The number of nitrogens with one attached hydrogen (secondary N) is 1. The third kappa shape index (κ3) is 3.84. The molecule has 0 amide bonds. The molecule has 1 aromatic heterocycles. The lowest BCUT2D eigenvalue weighted by Gasteiger charge is -2.06. The Labute approximate surface area is 167 Å². The molecule has 4 aromatic rings. The highest BCUT2D eigenvalue weighted by Crippen LogP contribution is 2.24. The van der Waals surface area contributed by atoms with Gasteiger partial charge in [-0.25, -0.2) is 9.78 Å². The Morgan fingerprint density at radius 3 is 2.24 bits per heavy atom. The van der Waals surface area contributed by atoms with Crippen LogP contribution in [0.15, 0.2) is 78.9 Å². The summed E-state index contributed by atoms with van der Waals surface area (Å²) in [6.45, 7) is 0. The Kier molecular flexibility index (Phi) is 5.03. The van der Waals surface area contributed by atoms with Gasteiger partial charge >= 0.3 is 5.97 Å². The van der Waals surface area contributed by atoms with E-state index in [-0.39, 0.29) is 5.78 Å². The van der Waals surface area contributed by atoms with Gasteiger partial charge in [0.25, 0.3) is 0 Å². The third-order valence-electron chi connectivity index (χ3n) is 4.57. The van der Waals surface area contributed by atoms with Crippen molar-refractivity contribution in [3.05, 3.63) is 101 Å². The molecule has 0 aliphatic rings. The second kappa shape index (κ2) is 7.94. The van der Waals surface area contributed by atoms with Crippen molar-refractivity contribution in [1.29, 1.82) is 0 Å². The van der Waals surface area contributed by atoms with E-state index in [9.17, 15) is 9.59 Å². The molecule has 0 saturated heterocycles. The lowest BCUT2D eigenvalue weighted by atomic mass is 10.00. The lowest BCUT2D eigenvalue weighted by molar-refractivity contribution is 0.0600. The van der Waals surface area contributed by atoms with Gasteiger partial charge < -0.3 is 9.72 Å². The van der Waals surface area contributed by atoms with Gasteiger partial charge in [0.15, 0.2) is 5.78 Å². The van der Waals surface area contributed by atoms with Gasteiger partial charge in [0.2, 0.25) is 0 Å². The summed E-state index contributed by atoms with van der Waals surface area (Å²) < 4.78 is 4.73. The monoisotopic (exact) mass is 382 g/mol. The molecule has 0 atom stereocenters. The highest BCUT2D eigenvalue weighted by atomic mass is 16.5. The van der Waals surface area contributed by atoms with Crippen LogP contribution in [0.3, 0.4) is 0 Å². The Balaban J connectivity index is 1.80. The van der Waals surface area contributed by atoms with E-state index in [1.807, 2.05) is 42.5 Å². The first-order valence-electron chi connectivity index (χ1n) is 9.10. The SMILES string of the molecule is COC(=O)c1ccc(C=C(C(=O)c2ccccc2)c2nc3ccccc3[nH]2)cc1. The fourth-order valence-electron chi connectivity index (χ4n) is 3.07. The number of ether oxygens (including phenoxy) is 1. The molecule has 29 heavy (non-hydrogen) atoms. The maximum atomic E-state index is 13.2. The Hall–Kier alpha value is -3.99. The number of nitrogens with zero attached hydrogens (tertiary/aromatic N) is 1. The topological polar surface area (TPSA) is 72.1 Å². The summed E-state index contributed by atoms with van der Waals surface area (Å²) in [6, 6.07) is 23.6. The molecule has 5 heteroatoms. The smallest absolute Gasteiger partial charge is 0.337 e. The van der Waals surface area contributed by atoms with E-state index in [1.54, 1.807) is 42.5 Å². The van der Waals surface area contributed by atoms with Gasteiger partial charge in [0, 0.05) is 5.56 Å². The van der Waals surface area contributed by atoms with Crippen molar-refractivity contribution in [2.75, 3.05) is 7.11 Å². The number of hydrogen-bond acceptors (Lipinski definition) is 4. The number of hydrogen-bond donors (Lipinski definition) is 1. The second-order valence-corrected chi connectivity index (χ2v) is 6.47. The van der Waals surface area contributed by atoms with Crippen LogP contribution in [-0.4, -0.2) is 28.8 Å². The van der Waals surface area contributed by atoms with E-state index in [2.05, 4.69) is 9.97 Å². The first kappa shape index (κ1) is 18.4. The number of aromatic amines is 1. The summed E-state index contributed by atoms with van der Waals surface area (Å²) in [6.07, 6.45) is 1.77. The number of carbonyl (C=O) groups excluding carboxylic acids is 2. The molecule has 3 aromatic carbocycles. The van der Waals surface area contributed by atoms with Crippen LogP contribution >= 0.6 is 0 Å². The number of para-hydroxylation sites is 2. The van der Waals surface area contributed by atoms with Gasteiger partial charge in [0.05, 0.1) is 29.3 Å². The summed E-state index contributed by atoms with van der Waals surface area (Å²) >= 11 is 0. The average Bonchev–Trinajstić information content (AvgIpc) is 3.21. The van der Waals surface area contributed by atoms with Gasteiger partial charge in [-0.05, 0) is 35.9 Å². The van der Waals surface area contributed by atoms with Crippen molar-refractivity contribution in [3.8, 4) is 0 Å². The Morgan fingerprint density at radius 2 is 1.55 bits per heavy atom. The van der Waals surface area contributed by atoms with Crippen LogP contribution in [0.1, 0.15) is 32.1 Å². The molecular weight excluding hydrogens is 364 g/mol. The zero-order valence-corrected chi connectivity index (χ0v) is 15.8. The summed E-state index contributed by atoms with van der Waals surface area (Å²) in [5, 5.41) is 0. The number of benzene rings is 3. The molecule has 0 saturated carbocycles. The van der Waals surface area contributed by atoms with Crippen molar-refractivity contribution in [3.63, 3.8) is 0 Å². The molecule has 0 aliphatic carbocycles. The predicted molar refractivity (Wildman–Crippen MR) is 113 cm³/mol. The van der Waals surface area contributed by atoms with Crippen molar-refractivity contribution in [1.82, 2.24) is 9.97 Å². The van der Waals surface area contributed by atoms with Crippen LogP contribution in [0.25, 0.3) is 22.7 Å². The van der Waals surface area contributed by atoms with Gasteiger partial charge in [-0.2, -0.15) is 0 Å². The van der Waals surface area contributed by atoms with Crippen LogP contribution in [-0.2, 0) is 4.74 Å². The summed E-state index contributed by atoms with van der Waals surface area (Å²) in [7, 11) is 1.34. The van der Waals surface area contributed by atoms with E-state index >= 15 is 0 Å². The number of imidazole rings is 1. The molecule has 142 valence electrons. The van der Waals surface area contributed by atoms with Gasteiger partial charge in [-0.15, -0.1) is 0 Å². The highest BCUT2D eigenvalue weighted by Gasteiger charge is 2.18. The number of esters is 1. The van der Waals surface area contributed by atoms with E-state index in [0.29, 0.717) is 22.5 Å². The Bertz CT molecular complexity index is 1170. The Morgan fingerprint density at radius 1 is 0.862 bits per heavy atom. The van der Waals surface area contributed by atoms with Crippen LogP contribution in [0, 0.1) is 0 Å². The lowest BCUT2D eigenvalue weighted by Crippen LogP contribution is -2.04. The normalized spacial score (nSPS) is 11.4. The van der Waals surface area contributed by atoms with Crippen LogP contribution in [0.5, 0.6) is 0 Å². The maximum absolute atomic E-state index is 13.2. The standard InChI is InChI=1S/C24H18N2O3/c1-29-24(28)18-13-11-16(12-14-18)15-19(22(27)17-7-3-2-4-8-17)23-25-20-9-5-6-10-21(20)26-23/h2-15H,1H3,(H,25,26). The highest BCUT2D eigenvalue weighted by molar-refractivity contribution is 6.31. The minimum atomic E-state index is -0.404. The number of methoxy groups -OCH3 is 1. The number of Topliss-reactive ketones (excluding diaryl/α,β-unsaturated/α-hetero) is 1. The number of allylic oxidation sites excluding steroid dienone is 1. The third-order valence-corrected chi connectivity index (χ3v) is 4.57. The van der Waals surface area contributed by atoms with Crippen LogP contribution in [0.4, 0.5) is 0 Å². The molecule has 4 rings (SSSR count). The van der Waals surface area contributed by atoms with E-state index < -0.39 is 5.97 Å². The van der Waals surface area contributed by atoms with E-state index in [4.69, 9.17) is 4.74 Å². The van der Waals surface area contributed by atoms with Gasteiger partial charge in [-0.3, -0.25) is 4.79 Å². The zero-order chi connectivity index (χ0) is 20.2. The molecule has 0 unspecified atom stereocenters. The number of H-pyrrole nitrogens is 1. The van der Waals surface area contributed by atoms with Gasteiger partial charge in [0.1, 0.15) is 5.82 Å². The van der Waals surface area contributed by atoms with Crippen LogP contribution < -0.4 is 0 Å². The molecule has 1 heterocycles. The minimum absolute atomic E-state index is 0.137. The molecule has 0 spiro atoms. The fraction of sp³-hybridized carbons (Fsp3) is 0.0417. The molecule has 0 radical (unpaired) electrons. The van der Waals surface area contributed by atoms with E-state index in [1.165, 1.54) is 7.11 Å². The molecule has 0 bridgehead atoms. The van der Waals surface area contributed by atoms with Gasteiger partial charge in [-0.1, -0.05) is 54.6 Å². The number of rotatable bonds is 5.